The molecule has 2 fully saturated rings. The molecule has 2 unspecified atom stereocenters. The number of imidazole rings is 1. The Balaban J connectivity index is 1.18. The summed E-state index contributed by atoms with van der Waals surface area (Å²) in [5.41, 5.74) is 20.4. The molecule has 2 aliphatic rings. The van der Waals surface area contributed by atoms with E-state index in [0.29, 0.717) is 0 Å². The van der Waals surface area contributed by atoms with Crippen molar-refractivity contribution in [3.8, 4) is 0 Å². The van der Waals surface area contributed by atoms with Gasteiger partial charge in [-0.2, -0.15) is 8.88 Å². The third-order valence-electron chi connectivity index (χ3n) is 6.93. The fourth-order valence-electron chi connectivity index (χ4n) is 4.76. The molecule has 3 aromatic rings. The molecular formula is C21H27N10O13P2+. The van der Waals surface area contributed by atoms with Gasteiger partial charge >= 0.3 is 15.6 Å². The van der Waals surface area contributed by atoms with Gasteiger partial charge < -0.3 is 46.0 Å². The predicted molar refractivity (Wildman–Crippen MR) is 146 cm³/mol. The lowest BCUT2D eigenvalue weighted by Crippen LogP contribution is -2.45. The molecule has 1 amide bonds. The average Bonchev–Trinajstić information content (AvgIpc) is 3.65. The Kier molecular flexibility index (Phi) is 9.68. The van der Waals surface area contributed by atoms with Crippen LogP contribution >= 0.6 is 15.6 Å². The number of rotatable bonds is 12. The number of aliphatic hydroxyl groups is 3. The minimum atomic E-state index is -5.41. The van der Waals surface area contributed by atoms with Crippen molar-refractivity contribution in [2.75, 3.05) is 18.9 Å². The molecule has 10 atom stereocenters. The van der Waals surface area contributed by atoms with Gasteiger partial charge in [0.25, 0.3) is 12.1 Å². The first-order valence-electron chi connectivity index (χ1n) is 13.0. The minimum Gasteiger partial charge on any atom is -0.389 e. The highest BCUT2D eigenvalue weighted by Gasteiger charge is 2.50. The van der Waals surface area contributed by atoms with Crippen molar-refractivity contribution in [1.82, 2.24) is 19.5 Å². The Hall–Kier alpha value is -3.66. The summed E-state index contributed by atoms with van der Waals surface area (Å²) < 4.78 is 52.5. The van der Waals surface area contributed by atoms with Crippen LogP contribution in [-0.4, -0.2) is 100 Å². The molecule has 0 spiro atoms. The van der Waals surface area contributed by atoms with Gasteiger partial charge in [0.2, 0.25) is 0 Å². The lowest BCUT2D eigenvalue weighted by Gasteiger charge is -2.20. The Morgan fingerprint density at radius 2 is 1.76 bits per heavy atom. The Morgan fingerprint density at radius 1 is 1.09 bits per heavy atom. The number of hydrogen-bond acceptors (Lipinski definition) is 16. The van der Waals surface area contributed by atoms with Crippen molar-refractivity contribution in [3.63, 3.8) is 0 Å². The van der Waals surface area contributed by atoms with E-state index < -0.39 is 83.8 Å². The first-order chi connectivity index (χ1) is 21.7. The van der Waals surface area contributed by atoms with E-state index >= 15 is 0 Å². The zero-order valence-electron chi connectivity index (χ0n) is 23.1. The van der Waals surface area contributed by atoms with E-state index in [1.165, 1.54) is 40.0 Å². The van der Waals surface area contributed by atoms with Crippen LogP contribution in [0.5, 0.6) is 0 Å². The van der Waals surface area contributed by atoms with Crippen molar-refractivity contribution in [2.45, 2.75) is 49.0 Å². The molecule has 46 heavy (non-hydrogen) atoms. The quantitative estimate of drug-likeness (QED) is 0.0366. The number of fused-ring (bicyclic) bond motifs is 1. The topological polar surface area (TPSA) is 347 Å². The molecule has 2 saturated heterocycles. The van der Waals surface area contributed by atoms with Crippen LogP contribution in [0.25, 0.3) is 21.6 Å². The van der Waals surface area contributed by atoms with Gasteiger partial charge in [-0.15, -0.1) is 0 Å². The van der Waals surface area contributed by atoms with Crippen LogP contribution in [0.4, 0.5) is 5.82 Å². The number of nitrogens with zero attached hydrogens (tertiary/aromatic N) is 8. The van der Waals surface area contributed by atoms with E-state index in [4.69, 9.17) is 35.5 Å². The van der Waals surface area contributed by atoms with E-state index in [0.717, 1.165) is 6.33 Å². The second-order valence-corrected chi connectivity index (χ2v) is 12.9. The number of amides is 1. The number of phosphoric acid groups is 2. The number of primary amides is 1. The molecule has 0 saturated carbocycles. The normalized spacial score (nSPS) is 30.5. The predicted octanol–water partition coefficient (Wildman–Crippen LogP) is -1.70. The van der Waals surface area contributed by atoms with Crippen molar-refractivity contribution in [1.29, 1.82) is 0 Å². The first-order valence-corrected chi connectivity index (χ1v) is 16.0. The zero-order valence-corrected chi connectivity index (χ0v) is 24.9. The Morgan fingerprint density at radius 3 is 2.41 bits per heavy atom. The first kappa shape index (κ1) is 33.7. The number of carbonyl (C=O) groups is 1. The summed E-state index contributed by atoms with van der Waals surface area (Å²) >= 11 is 0. The second-order valence-electron chi connectivity index (χ2n) is 9.89. The molecule has 9 N–H and O–H groups in total. The van der Waals surface area contributed by atoms with Gasteiger partial charge in [-0.1, -0.05) is 5.11 Å². The van der Waals surface area contributed by atoms with Crippen LogP contribution in [0, 0.1) is 0 Å². The van der Waals surface area contributed by atoms with E-state index in [2.05, 4.69) is 29.3 Å². The molecule has 0 bridgehead atoms. The highest BCUT2D eigenvalue weighted by atomic mass is 31.3. The number of phosphoric ester groups is 2. The van der Waals surface area contributed by atoms with Crippen LogP contribution in [0.3, 0.4) is 0 Å². The molecule has 0 radical (unpaired) electrons. The highest BCUT2D eigenvalue weighted by molar-refractivity contribution is 7.61. The van der Waals surface area contributed by atoms with Gasteiger partial charge in [0.15, 0.2) is 36.1 Å². The van der Waals surface area contributed by atoms with E-state index in [1.54, 1.807) is 0 Å². The second kappa shape index (κ2) is 13.2. The summed E-state index contributed by atoms with van der Waals surface area (Å²) in [6, 6.07) is 1.53. The van der Waals surface area contributed by atoms with Gasteiger partial charge in [0.05, 0.1) is 19.5 Å². The van der Waals surface area contributed by atoms with Crippen molar-refractivity contribution >= 4 is 38.5 Å². The minimum absolute atomic E-state index is 0.0453. The Bertz CT molecular complexity index is 1760. The summed E-state index contributed by atoms with van der Waals surface area (Å²) in [4.78, 5) is 46.2. The molecule has 5 rings (SSSR count). The van der Waals surface area contributed by atoms with E-state index in [-0.39, 0.29) is 22.5 Å². The van der Waals surface area contributed by atoms with Gasteiger partial charge in [-0.05, 0) is 11.6 Å². The van der Waals surface area contributed by atoms with Crippen molar-refractivity contribution in [2.24, 2.45) is 10.8 Å². The molecule has 0 aliphatic carbocycles. The molecule has 25 heteroatoms. The number of aromatic nitrogens is 5. The van der Waals surface area contributed by atoms with Crippen molar-refractivity contribution < 1.29 is 66.4 Å². The third kappa shape index (κ3) is 7.01. The smallest absolute Gasteiger partial charge is 0.389 e. The summed E-state index contributed by atoms with van der Waals surface area (Å²) in [6.07, 6.45) is -5.22. The molecular weight excluding hydrogens is 662 g/mol. The summed E-state index contributed by atoms with van der Waals surface area (Å²) in [6.45, 7) is -1.82. The zero-order chi connectivity index (χ0) is 33.4. The number of carbonyl (C=O) groups excluding carboxylic acids is 1. The largest absolute Gasteiger partial charge is 0.481 e. The lowest BCUT2D eigenvalue weighted by atomic mass is 10.1. The number of aliphatic hydroxyl groups excluding tert-OH is 3. The van der Waals surface area contributed by atoms with Crippen LogP contribution in [-0.2, 0) is 32.0 Å². The third-order valence-corrected chi connectivity index (χ3v) is 9.53. The van der Waals surface area contributed by atoms with Crippen LogP contribution in [0.15, 0.2) is 42.3 Å². The molecule has 3 aromatic heterocycles. The summed E-state index contributed by atoms with van der Waals surface area (Å²) in [7, 11) is -10.8. The number of nitrogens with two attached hydrogens (primary N) is 2. The number of nitrogen functional groups attached to an aromatic ring is 1. The lowest BCUT2D eigenvalue weighted by molar-refractivity contribution is -0.760. The number of azide groups is 1. The molecule has 2 aliphatic heterocycles. The fraction of sp³-hybridized carbons (Fsp3) is 0.476. The molecule has 248 valence electrons. The van der Waals surface area contributed by atoms with Gasteiger partial charge in [-0.25, -0.2) is 24.1 Å². The van der Waals surface area contributed by atoms with Crippen LogP contribution in [0.1, 0.15) is 22.8 Å². The van der Waals surface area contributed by atoms with Gasteiger partial charge in [0.1, 0.15) is 47.9 Å². The average molecular weight is 689 g/mol. The molecule has 0 aromatic carbocycles. The maximum atomic E-state index is 12.5. The molecule has 5 heterocycles. The summed E-state index contributed by atoms with van der Waals surface area (Å²) in [5, 5.41) is 35.1. The van der Waals surface area contributed by atoms with Crippen molar-refractivity contribution in [3.05, 3.63) is 53.2 Å². The standard InChI is InChI=1S/C21H26N10O13P2/c22-17-13-19(26-7-25-17)31(8-27-13)21-16(34)15(33)11(43-21)6-41-46(38,39)44-45(36,37)40-5-10-14(32)12(28-29-24)20(42-10)30-3-1-2-9(4-30)18(23)35/h1-4,7-8,10-12,14-16,20-21,32-34H,5-6H2,(H5-,22,23,25,26,35,36,37,38,39)/p+1/t10-,11-,12-,14-,15-,16-,20-,21-/m1/s1. The monoisotopic (exact) mass is 689 g/mol. The number of anilines is 1. The maximum absolute atomic E-state index is 12.5. The number of ether oxygens (including phenoxy) is 2. The maximum Gasteiger partial charge on any atom is 0.481 e. The SMILES string of the molecule is [N-]=[N+]=N[C@@H]1[C@H](O)[C@@H](COP(=O)(O)OP(=O)(O)OC[C@H]2O[C@@H](n3cnc4c(N)ncnc43)[C@H](O)[C@@H]2O)O[C@H]1[n+]1cccc(C(N)=O)c1. The Labute approximate surface area is 256 Å². The van der Waals surface area contributed by atoms with Crippen LogP contribution in [0.2, 0.25) is 0 Å². The summed E-state index contributed by atoms with van der Waals surface area (Å²) in [5.74, 6) is -0.733. The molecule has 23 nitrogen and oxygen atoms in total. The van der Waals surface area contributed by atoms with E-state index in [9.17, 15) is 39.0 Å². The fourth-order valence-corrected chi connectivity index (χ4v) is 6.85. The number of pyridine rings is 1. The van der Waals surface area contributed by atoms with Crippen LogP contribution < -0.4 is 16.0 Å². The number of hydrogen-bond donors (Lipinski definition) is 7. The highest BCUT2D eigenvalue weighted by Crippen LogP contribution is 2.60. The van der Waals surface area contributed by atoms with Gasteiger partial charge in [-0.3, -0.25) is 18.4 Å². The van der Waals surface area contributed by atoms with E-state index in [1.807, 2.05) is 0 Å². The van der Waals surface area contributed by atoms with Gasteiger partial charge in [0, 0.05) is 11.0 Å².